The van der Waals surface area contributed by atoms with Crippen molar-refractivity contribution in [2.24, 2.45) is 0 Å². The molecule has 0 radical (unpaired) electrons. The number of aromatic carboxylic acids is 1. The van der Waals surface area contributed by atoms with Gasteiger partial charge in [-0.2, -0.15) is 0 Å². The van der Waals surface area contributed by atoms with Gasteiger partial charge in [0.25, 0.3) is 0 Å². The summed E-state index contributed by atoms with van der Waals surface area (Å²) in [6.45, 7) is 0. The van der Waals surface area contributed by atoms with Gasteiger partial charge in [0.2, 0.25) is 0 Å². The van der Waals surface area contributed by atoms with E-state index in [1.54, 1.807) is 18.2 Å². The van der Waals surface area contributed by atoms with Crippen molar-refractivity contribution < 1.29 is 20.1 Å². The third kappa shape index (κ3) is 2.69. The van der Waals surface area contributed by atoms with Gasteiger partial charge in [-0.1, -0.05) is 24.3 Å². The van der Waals surface area contributed by atoms with Crippen molar-refractivity contribution in [1.82, 2.24) is 0 Å². The van der Waals surface area contributed by atoms with E-state index in [-0.39, 0.29) is 5.56 Å². The molecule has 0 amide bonds. The molecule has 0 aliphatic rings. The van der Waals surface area contributed by atoms with Gasteiger partial charge in [-0.3, -0.25) is 0 Å². The lowest BCUT2D eigenvalue weighted by Crippen LogP contribution is -2.00. The number of hydrogen-bond donors (Lipinski definition) is 3. The summed E-state index contributed by atoms with van der Waals surface area (Å²) in [6.07, 6.45) is 0.882. The van der Waals surface area contributed by atoms with Gasteiger partial charge in [0.15, 0.2) is 6.29 Å². The molecule has 3 N–H and O–H groups in total. The van der Waals surface area contributed by atoms with E-state index in [4.69, 9.17) is 15.3 Å². The predicted octanol–water partition coefficient (Wildman–Crippen LogP) is 0.709. The molecule has 0 fully saturated rings. The second kappa shape index (κ2) is 4.55. The molecule has 0 bridgehead atoms. The highest BCUT2D eigenvalue weighted by atomic mass is 16.5. The Kier molecular flexibility index (Phi) is 3.39. The fourth-order valence-electron chi connectivity index (χ4n) is 1.03. The summed E-state index contributed by atoms with van der Waals surface area (Å²) in [7, 11) is 0. The first-order valence-electron chi connectivity index (χ1n) is 3.98. The Morgan fingerprint density at radius 2 is 1.93 bits per heavy atom. The smallest absolute Gasteiger partial charge is 0.336 e. The Bertz CT molecular complexity index is 355. The summed E-state index contributed by atoms with van der Waals surface area (Å²) in [5.41, 5.74) is 0.567. The van der Waals surface area contributed by atoms with E-state index in [0.29, 0.717) is 5.56 Å². The van der Waals surface area contributed by atoms with Crippen molar-refractivity contribution in [3.63, 3.8) is 0 Å². The number of carboxylic acid groups (broad SMARTS) is 1. The summed E-state index contributed by atoms with van der Waals surface area (Å²) >= 11 is 0. The summed E-state index contributed by atoms with van der Waals surface area (Å²) < 4.78 is 0. The van der Waals surface area contributed by atoms with Crippen molar-refractivity contribution in [3.8, 4) is 0 Å². The van der Waals surface area contributed by atoms with E-state index in [9.17, 15) is 4.79 Å². The van der Waals surface area contributed by atoms with E-state index in [1.807, 2.05) is 0 Å². The Hall–Kier alpha value is -1.65. The number of hydrogen-bond acceptors (Lipinski definition) is 3. The Morgan fingerprint density at radius 3 is 2.50 bits per heavy atom. The molecule has 1 aromatic carbocycles. The lowest BCUT2D eigenvalue weighted by Gasteiger charge is -2.00. The van der Waals surface area contributed by atoms with Crippen molar-refractivity contribution >= 4 is 12.0 Å². The van der Waals surface area contributed by atoms with Crippen LogP contribution in [0.25, 0.3) is 6.08 Å². The average Bonchev–Trinajstić information content (AvgIpc) is 2.15. The molecule has 0 unspecified atom stereocenters. The normalized spacial score (nSPS) is 11.1. The molecular weight excluding hydrogens is 184 g/mol. The Labute approximate surface area is 80.7 Å². The van der Waals surface area contributed by atoms with Gasteiger partial charge in [-0.25, -0.2) is 4.79 Å². The first-order chi connectivity index (χ1) is 6.61. The maximum absolute atomic E-state index is 10.7. The first-order valence-corrected chi connectivity index (χ1v) is 3.98. The highest BCUT2D eigenvalue weighted by Crippen LogP contribution is 2.10. The summed E-state index contributed by atoms with van der Waals surface area (Å²) in [4.78, 5) is 10.7. The van der Waals surface area contributed by atoms with Crippen LogP contribution in [-0.4, -0.2) is 27.6 Å². The van der Waals surface area contributed by atoms with Crippen LogP contribution in [0.3, 0.4) is 0 Å². The fourth-order valence-corrected chi connectivity index (χ4v) is 1.03. The van der Waals surface area contributed by atoms with Gasteiger partial charge in [0.05, 0.1) is 5.56 Å². The molecule has 4 heteroatoms. The molecule has 14 heavy (non-hydrogen) atoms. The molecule has 0 atom stereocenters. The van der Waals surface area contributed by atoms with Crippen LogP contribution in [-0.2, 0) is 0 Å². The molecule has 74 valence electrons. The third-order valence-electron chi connectivity index (χ3n) is 1.64. The van der Waals surface area contributed by atoms with Gasteiger partial charge >= 0.3 is 5.97 Å². The maximum Gasteiger partial charge on any atom is 0.336 e. The maximum atomic E-state index is 10.7. The minimum Gasteiger partial charge on any atom is -0.478 e. The van der Waals surface area contributed by atoms with Gasteiger partial charge in [0.1, 0.15) is 0 Å². The van der Waals surface area contributed by atoms with E-state index < -0.39 is 12.3 Å². The Morgan fingerprint density at radius 1 is 1.29 bits per heavy atom. The molecule has 1 aromatic rings. The molecule has 0 aliphatic heterocycles. The van der Waals surface area contributed by atoms with Crippen LogP contribution in [0.1, 0.15) is 15.9 Å². The van der Waals surface area contributed by atoms with E-state index >= 15 is 0 Å². The molecular formula is C10H10O4. The van der Waals surface area contributed by atoms with Crippen molar-refractivity contribution in [3.05, 3.63) is 41.5 Å². The Balaban J connectivity index is 3.02. The fraction of sp³-hybridized carbons (Fsp3) is 0.100. The molecule has 0 aromatic heterocycles. The van der Waals surface area contributed by atoms with E-state index in [2.05, 4.69) is 0 Å². The zero-order valence-corrected chi connectivity index (χ0v) is 7.29. The number of rotatable bonds is 3. The minimum atomic E-state index is -1.57. The monoisotopic (exact) mass is 194 g/mol. The summed E-state index contributed by atoms with van der Waals surface area (Å²) in [5.74, 6) is -1.04. The quantitative estimate of drug-likeness (QED) is 0.619. The molecule has 4 nitrogen and oxygen atoms in total. The van der Waals surface area contributed by atoms with Crippen LogP contribution < -0.4 is 0 Å². The number of carboxylic acids is 1. The predicted molar refractivity (Wildman–Crippen MR) is 50.7 cm³/mol. The number of aliphatic hydroxyl groups is 2. The summed E-state index contributed by atoms with van der Waals surface area (Å²) in [5, 5.41) is 25.9. The van der Waals surface area contributed by atoms with Crippen molar-refractivity contribution in [1.29, 1.82) is 0 Å². The molecule has 0 saturated heterocycles. The second-order valence-electron chi connectivity index (χ2n) is 2.67. The number of aliphatic hydroxyl groups excluding tert-OH is 1. The third-order valence-corrected chi connectivity index (χ3v) is 1.64. The van der Waals surface area contributed by atoms with Crippen LogP contribution in [0.4, 0.5) is 0 Å². The topological polar surface area (TPSA) is 77.8 Å². The van der Waals surface area contributed by atoms with Crippen molar-refractivity contribution in [2.45, 2.75) is 6.29 Å². The molecule has 0 heterocycles. The van der Waals surface area contributed by atoms with Crippen LogP contribution in [0.2, 0.25) is 0 Å². The second-order valence-corrected chi connectivity index (χ2v) is 2.67. The molecule has 1 rings (SSSR count). The van der Waals surface area contributed by atoms with Crippen LogP contribution in [0, 0.1) is 0 Å². The zero-order chi connectivity index (χ0) is 10.6. The average molecular weight is 194 g/mol. The molecule has 0 aliphatic carbocycles. The lowest BCUT2D eigenvalue weighted by molar-refractivity contribution is 0.00301. The summed E-state index contributed by atoms with van der Waals surface area (Å²) in [6, 6.07) is 6.32. The van der Waals surface area contributed by atoms with E-state index in [1.165, 1.54) is 12.1 Å². The van der Waals surface area contributed by atoms with Gasteiger partial charge < -0.3 is 15.3 Å². The first kappa shape index (κ1) is 10.4. The highest BCUT2D eigenvalue weighted by Gasteiger charge is 2.05. The SMILES string of the molecule is O=C(O)c1ccccc1/C=C/C(O)O. The van der Waals surface area contributed by atoms with Crippen LogP contribution in [0.5, 0.6) is 0 Å². The number of carbonyl (C=O) groups is 1. The minimum absolute atomic E-state index is 0.129. The molecule has 0 saturated carbocycles. The largest absolute Gasteiger partial charge is 0.478 e. The van der Waals surface area contributed by atoms with Crippen LogP contribution >= 0.6 is 0 Å². The zero-order valence-electron chi connectivity index (χ0n) is 7.29. The lowest BCUT2D eigenvalue weighted by atomic mass is 10.1. The van der Waals surface area contributed by atoms with Crippen LogP contribution in [0.15, 0.2) is 30.3 Å². The standard InChI is InChI=1S/C10H10O4/c11-9(12)6-5-7-3-1-2-4-8(7)10(13)14/h1-6,9,11-12H,(H,13,14)/b6-5+. The highest BCUT2D eigenvalue weighted by molar-refractivity contribution is 5.92. The van der Waals surface area contributed by atoms with Gasteiger partial charge in [-0.15, -0.1) is 0 Å². The number of benzene rings is 1. The molecule has 0 spiro atoms. The van der Waals surface area contributed by atoms with Gasteiger partial charge in [0, 0.05) is 0 Å². The van der Waals surface area contributed by atoms with Gasteiger partial charge in [-0.05, 0) is 17.7 Å². The van der Waals surface area contributed by atoms with E-state index in [0.717, 1.165) is 6.08 Å². The van der Waals surface area contributed by atoms with Crippen molar-refractivity contribution in [2.75, 3.05) is 0 Å².